The fourth-order valence-electron chi connectivity index (χ4n) is 1.59. The smallest absolute Gasteiger partial charge is 0.113 e. The first-order chi connectivity index (χ1) is 5.83. The monoisotopic (exact) mass is 191 g/mol. The van der Waals surface area contributed by atoms with Crippen molar-refractivity contribution in [2.75, 3.05) is 31.6 Å². The molecule has 1 nitrogen and oxygen atoms in total. The van der Waals surface area contributed by atoms with Crippen LogP contribution in [-0.2, 0) is 0 Å². The van der Waals surface area contributed by atoms with Crippen LogP contribution in [0.5, 0.6) is 0 Å². The van der Waals surface area contributed by atoms with Crippen LogP contribution in [0.4, 0.5) is 4.39 Å². The second-order valence-corrected chi connectivity index (χ2v) is 4.37. The molecule has 1 unspecified atom stereocenters. The van der Waals surface area contributed by atoms with Crippen LogP contribution in [0.15, 0.2) is 0 Å². The minimum absolute atomic E-state index is 0.575. The lowest BCUT2D eigenvalue weighted by Gasteiger charge is -2.19. The molecule has 0 aliphatic carbocycles. The molecular formula is C9H18FNS. The van der Waals surface area contributed by atoms with E-state index in [0.717, 1.165) is 31.7 Å². The van der Waals surface area contributed by atoms with Gasteiger partial charge in [0.15, 0.2) is 0 Å². The number of hydrogen-bond acceptors (Lipinski definition) is 2. The number of alkyl halides is 1. The van der Waals surface area contributed by atoms with E-state index in [9.17, 15) is 4.39 Å². The minimum Gasteiger partial charge on any atom is -0.300 e. The molecule has 1 aliphatic rings. The zero-order valence-electron chi connectivity index (χ0n) is 7.76. The number of nitrogens with zero attached hydrogens (tertiary/aromatic N) is 1. The standard InChI is InChI=1S/C9H18FNS/c1-12-7-6-11-5-3-2-4-9(10)8-11/h9H,2-8H2,1H3. The Bertz CT molecular complexity index is 121. The fraction of sp³-hybridized carbons (Fsp3) is 1.00. The molecule has 0 aromatic rings. The lowest BCUT2D eigenvalue weighted by molar-refractivity contribution is 0.216. The average Bonchev–Trinajstić information content (AvgIpc) is 2.26. The lowest BCUT2D eigenvalue weighted by Crippen LogP contribution is -2.31. The molecule has 1 rings (SSSR count). The van der Waals surface area contributed by atoms with Crippen molar-refractivity contribution in [1.82, 2.24) is 4.90 Å². The molecule has 1 atom stereocenters. The van der Waals surface area contributed by atoms with Gasteiger partial charge in [-0.2, -0.15) is 11.8 Å². The Labute approximate surface area is 78.7 Å². The summed E-state index contributed by atoms with van der Waals surface area (Å²) in [7, 11) is 0. The fourth-order valence-corrected chi connectivity index (χ4v) is 2.03. The normalized spacial score (nSPS) is 27.0. The molecule has 72 valence electrons. The summed E-state index contributed by atoms with van der Waals surface area (Å²) in [6.45, 7) is 2.82. The molecule has 0 bridgehead atoms. The van der Waals surface area contributed by atoms with Gasteiger partial charge in [-0.15, -0.1) is 0 Å². The van der Waals surface area contributed by atoms with E-state index in [1.807, 2.05) is 11.8 Å². The molecule has 0 amide bonds. The second-order valence-electron chi connectivity index (χ2n) is 3.39. The van der Waals surface area contributed by atoms with Crippen molar-refractivity contribution >= 4 is 11.8 Å². The summed E-state index contributed by atoms with van der Waals surface area (Å²) in [5.41, 5.74) is 0. The first-order valence-electron chi connectivity index (χ1n) is 4.68. The predicted octanol–water partition coefficient (Wildman–Crippen LogP) is 2.17. The van der Waals surface area contributed by atoms with Gasteiger partial charge in [0.2, 0.25) is 0 Å². The van der Waals surface area contributed by atoms with Crippen molar-refractivity contribution in [3.63, 3.8) is 0 Å². The third-order valence-electron chi connectivity index (χ3n) is 2.31. The molecular weight excluding hydrogens is 173 g/mol. The largest absolute Gasteiger partial charge is 0.300 e. The van der Waals surface area contributed by atoms with Crippen LogP contribution >= 0.6 is 11.8 Å². The van der Waals surface area contributed by atoms with Crippen LogP contribution in [-0.4, -0.2) is 42.7 Å². The Balaban J connectivity index is 2.21. The SMILES string of the molecule is CSCCN1CCCCC(F)C1. The highest BCUT2D eigenvalue weighted by molar-refractivity contribution is 7.98. The maximum Gasteiger partial charge on any atom is 0.113 e. The number of likely N-dealkylation sites (tertiary alicyclic amines) is 1. The van der Waals surface area contributed by atoms with Crippen molar-refractivity contribution < 1.29 is 4.39 Å². The highest BCUT2D eigenvalue weighted by Gasteiger charge is 2.16. The van der Waals surface area contributed by atoms with E-state index in [-0.39, 0.29) is 0 Å². The van der Waals surface area contributed by atoms with Gasteiger partial charge in [0, 0.05) is 18.8 Å². The third kappa shape index (κ3) is 3.76. The molecule has 1 fully saturated rings. The molecule has 0 aromatic heterocycles. The topological polar surface area (TPSA) is 3.24 Å². The number of rotatable bonds is 3. The number of hydrogen-bond donors (Lipinski definition) is 0. The molecule has 1 heterocycles. The predicted molar refractivity (Wildman–Crippen MR) is 53.6 cm³/mol. The van der Waals surface area contributed by atoms with Crippen LogP contribution in [0.1, 0.15) is 19.3 Å². The van der Waals surface area contributed by atoms with Gasteiger partial charge in [-0.3, -0.25) is 4.90 Å². The van der Waals surface area contributed by atoms with E-state index in [1.54, 1.807) is 0 Å². The first-order valence-corrected chi connectivity index (χ1v) is 6.07. The van der Waals surface area contributed by atoms with E-state index in [1.165, 1.54) is 6.42 Å². The van der Waals surface area contributed by atoms with Gasteiger partial charge in [0.05, 0.1) is 0 Å². The summed E-state index contributed by atoms with van der Waals surface area (Å²) < 4.78 is 13.1. The van der Waals surface area contributed by atoms with Crippen molar-refractivity contribution in [2.45, 2.75) is 25.4 Å². The molecule has 1 aliphatic heterocycles. The molecule has 0 radical (unpaired) electrons. The third-order valence-corrected chi connectivity index (χ3v) is 2.90. The van der Waals surface area contributed by atoms with Gasteiger partial charge in [-0.25, -0.2) is 4.39 Å². The summed E-state index contributed by atoms with van der Waals surface area (Å²) in [6.07, 6.45) is 4.54. The van der Waals surface area contributed by atoms with E-state index in [4.69, 9.17) is 0 Å². The number of halogens is 1. The summed E-state index contributed by atoms with van der Waals surface area (Å²) in [6, 6.07) is 0. The Morgan fingerprint density at radius 2 is 2.33 bits per heavy atom. The maximum absolute atomic E-state index is 13.1. The van der Waals surface area contributed by atoms with E-state index in [0.29, 0.717) is 6.54 Å². The first kappa shape index (κ1) is 10.3. The Morgan fingerprint density at radius 3 is 3.08 bits per heavy atom. The zero-order valence-corrected chi connectivity index (χ0v) is 8.58. The molecule has 0 aromatic carbocycles. The van der Waals surface area contributed by atoms with Crippen LogP contribution in [0.2, 0.25) is 0 Å². The number of thioether (sulfide) groups is 1. The zero-order chi connectivity index (χ0) is 8.81. The molecule has 0 spiro atoms. The van der Waals surface area contributed by atoms with Crippen molar-refractivity contribution in [1.29, 1.82) is 0 Å². The highest BCUT2D eigenvalue weighted by Crippen LogP contribution is 2.13. The molecule has 12 heavy (non-hydrogen) atoms. The minimum atomic E-state index is -0.575. The van der Waals surface area contributed by atoms with Gasteiger partial charge in [-0.05, 0) is 32.1 Å². The maximum atomic E-state index is 13.1. The summed E-state index contributed by atoms with van der Waals surface area (Å²) >= 11 is 1.84. The van der Waals surface area contributed by atoms with Crippen LogP contribution in [0.25, 0.3) is 0 Å². The van der Waals surface area contributed by atoms with Gasteiger partial charge in [-0.1, -0.05) is 0 Å². The van der Waals surface area contributed by atoms with Crippen molar-refractivity contribution in [3.05, 3.63) is 0 Å². The lowest BCUT2D eigenvalue weighted by atomic mass is 10.2. The summed E-state index contributed by atoms with van der Waals surface area (Å²) in [5.74, 6) is 1.13. The van der Waals surface area contributed by atoms with Crippen LogP contribution < -0.4 is 0 Å². The van der Waals surface area contributed by atoms with E-state index >= 15 is 0 Å². The van der Waals surface area contributed by atoms with Gasteiger partial charge in [0.25, 0.3) is 0 Å². The molecule has 3 heteroatoms. The highest BCUT2D eigenvalue weighted by atomic mass is 32.2. The Morgan fingerprint density at radius 1 is 1.50 bits per heavy atom. The summed E-state index contributed by atoms with van der Waals surface area (Å²) in [5, 5.41) is 0. The van der Waals surface area contributed by atoms with Crippen LogP contribution in [0, 0.1) is 0 Å². The van der Waals surface area contributed by atoms with Gasteiger partial charge in [0.1, 0.15) is 6.17 Å². The van der Waals surface area contributed by atoms with Crippen molar-refractivity contribution in [3.8, 4) is 0 Å². The Kier molecular flexibility index (Phi) is 5.00. The molecule has 0 saturated carbocycles. The second kappa shape index (κ2) is 5.81. The van der Waals surface area contributed by atoms with E-state index in [2.05, 4.69) is 11.2 Å². The summed E-state index contributed by atoms with van der Waals surface area (Å²) in [4.78, 5) is 2.26. The average molecular weight is 191 g/mol. The van der Waals surface area contributed by atoms with Gasteiger partial charge >= 0.3 is 0 Å². The van der Waals surface area contributed by atoms with Gasteiger partial charge < -0.3 is 0 Å². The Hall–Kier alpha value is 0.240. The molecule has 0 N–H and O–H groups in total. The van der Waals surface area contributed by atoms with E-state index < -0.39 is 6.17 Å². The van der Waals surface area contributed by atoms with Crippen LogP contribution in [0.3, 0.4) is 0 Å². The van der Waals surface area contributed by atoms with Crippen molar-refractivity contribution in [2.24, 2.45) is 0 Å². The quantitative estimate of drug-likeness (QED) is 0.672. The molecule has 1 saturated heterocycles.